The SMILES string of the molecule is CN(C)[C@H]1CCN(c2n[nH]c3nccc(Oc4ccc(NC(=O)c5ccnn(-c6ccc(F)cc6)c5=O)cc4F)c23)C1. The molecule has 0 aliphatic carbocycles. The number of carbonyl (C=O) groups excluding carboxylic acids is 1. The zero-order valence-electron chi connectivity index (χ0n) is 22.7. The van der Waals surface area contributed by atoms with Gasteiger partial charge in [-0.3, -0.25) is 14.7 Å². The summed E-state index contributed by atoms with van der Waals surface area (Å²) in [5, 5.41) is 14.5. The van der Waals surface area contributed by atoms with Gasteiger partial charge in [0.2, 0.25) is 0 Å². The number of fused-ring (bicyclic) bond motifs is 1. The Hall–Kier alpha value is -5.17. The number of amides is 1. The Labute approximate surface area is 238 Å². The highest BCUT2D eigenvalue weighted by atomic mass is 19.1. The molecule has 5 aromatic rings. The fraction of sp³-hybridized carbons (Fsp3) is 0.207. The molecule has 0 radical (unpaired) electrons. The van der Waals surface area contributed by atoms with Crippen molar-refractivity contribution >= 4 is 28.4 Å². The number of halogens is 2. The lowest BCUT2D eigenvalue weighted by atomic mass is 10.2. The van der Waals surface area contributed by atoms with Gasteiger partial charge in [0.05, 0.1) is 5.69 Å². The molecule has 4 heterocycles. The van der Waals surface area contributed by atoms with E-state index in [4.69, 9.17) is 4.74 Å². The van der Waals surface area contributed by atoms with Crippen molar-refractivity contribution in [3.63, 3.8) is 0 Å². The number of ether oxygens (including phenoxy) is 1. The summed E-state index contributed by atoms with van der Waals surface area (Å²) < 4.78 is 35.5. The molecule has 0 bridgehead atoms. The number of benzene rings is 2. The maximum absolute atomic E-state index is 15.2. The Morgan fingerprint density at radius 1 is 1.07 bits per heavy atom. The van der Waals surface area contributed by atoms with Crippen LogP contribution in [0, 0.1) is 11.6 Å². The van der Waals surface area contributed by atoms with Crippen molar-refractivity contribution in [2.45, 2.75) is 12.5 Å². The number of likely N-dealkylation sites (N-methyl/N-ethyl adjacent to an activating group) is 1. The first kappa shape index (κ1) is 27.0. The highest BCUT2D eigenvalue weighted by Crippen LogP contribution is 2.37. The summed E-state index contributed by atoms with van der Waals surface area (Å²) in [6.07, 6.45) is 3.81. The lowest BCUT2D eigenvalue weighted by Crippen LogP contribution is -2.31. The van der Waals surface area contributed by atoms with E-state index in [0.29, 0.717) is 28.6 Å². The molecule has 6 rings (SSSR count). The molecule has 0 spiro atoms. The molecule has 0 saturated carbocycles. The van der Waals surface area contributed by atoms with E-state index in [0.717, 1.165) is 30.3 Å². The number of pyridine rings is 1. The molecular formula is C29H26F2N8O3. The predicted molar refractivity (Wildman–Crippen MR) is 152 cm³/mol. The number of H-pyrrole nitrogens is 1. The second kappa shape index (κ2) is 11.0. The van der Waals surface area contributed by atoms with Crippen LogP contribution in [0.3, 0.4) is 0 Å². The summed E-state index contributed by atoms with van der Waals surface area (Å²) in [4.78, 5) is 34.5. The minimum absolute atomic E-state index is 0.0668. The Bertz CT molecular complexity index is 1840. The number of carbonyl (C=O) groups is 1. The molecule has 2 aromatic carbocycles. The van der Waals surface area contributed by atoms with E-state index in [9.17, 15) is 14.0 Å². The minimum Gasteiger partial charge on any atom is -0.453 e. The van der Waals surface area contributed by atoms with Crippen LogP contribution in [-0.4, -0.2) is 69.0 Å². The van der Waals surface area contributed by atoms with Crippen molar-refractivity contribution in [3.8, 4) is 17.2 Å². The van der Waals surface area contributed by atoms with Gasteiger partial charge in [0.25, 0.3) is 11.5 Å². The molecule has 1 amide bonds. The number of hydrogen-bond donors (Lipinski definition) is 2. The minimum atomic E-state index is -0.758. The molecular weight excluding hydrogens is 546 g/mol. The normalized spacial score (nSPS) is 15.0. The van der Waals surface area contributed by atoms with Crippen molar-refractivity contribution in [3.05, 3.63) is 94.5 Å². The van der Waals surface area contributed by atoms with Crippen molar-refractivity contribution in [2.24, 2.45) is 0 Å². The van der Waals surface area contributed by atoms with E-state index in [2.05, 4.69) is 35.4 Å². The van der Waals surface area contributed by atoms with E-state index in [-0.39, 0.29) is 22.7 Å². The molecule has 11 nitrogen and oxygen atoms in total. The summed E-state index contributed by atoms with van der Waals surface area (Å²) in [5.41, 5.74) is -0.0136. The van der Waals surface area contributed by atoms with Gasteiger partial charge in [-0.1, -0.05) is 0 Å². The maximum Gasteiger partial charge on any atom is 0.284 e. The third-order valence-electron chi connectivity index (χ3n) is 7.17. The third-order valence-corrected chi connectivity index (χ3v) is 7.17. The van der Waals surface area contributed by atoms with Gasteiger partial charge in [-0.15, -0.1) is 0 Å². The lowest BCUT2D eigenvalue weighted by molar-refractivity contribution is 0.102. The van der Waals surface area contributed by atoms with E-state index >= 15 is 4.39 Å². The van der Waals surface area contributed by atoms with Crippen LogP contribution in [0.1, 0.15) is 16.8 Å². The molecule has 1 fully saturated rings. The van der Waals surface area contributed by atoms with Crippen molar-refractivity contribution in [2.75, 3.05) is 37.4 Å². The fourth-order valence-electron chi connectivity index (χ4n) is 4.91. The second-order valence-corrected chi connectivity index (χ2v) is 10.1. The smallest absolute Gasteiger partial charge is 0.284 e. The van der Waals surface area contributed by atoms with Crippen LogP contribution in [-0.2, 0) is 0 Å². The van der Waals surface area contributed by atoms with Crippen LogP contribution in [0.5, 0.6) is 11.5 Å². The first-order valence-corrected chi connectivity index (χ1v) is 13.2. The molecule has 1 aliphatic heterocycles. The average molecular weight is 573 g/mol. The van der Waals surface area contributed by atoms with Gasteiger partial charge in [0.15, 0.2) is 23.0 Å². The molecule has 13 heteroatoms. The Balaban J connectivity index is 1.22. The molecule has 1 aliphatic rings. The molecule has 3 aromatic heterocycles. The Kier molecular flexibility index (Phi) is 7.08. The zero-order chi connectivity index (χ0) is 29.4. The zero-order valence-corrected chi connectivity index (χ0v) is 22.7. The molecule has 0 unspecified atom stereocenters. The number of nitrogens with zero attached hydrogens (tertiary/aromatic N) is 6. The van der Waals surface area contributed by atoms with Gasteiger partial charge in [-0.05, 0) is 63.0 Å². The number of aromatic amines is 1. The summed E-state index contributed by atoms with van der Waals surface area (Å²) in [6.45, 7) is 1.60. The van der Waals surface area contributed by atoms with E-state index in [1.54, 1.807) is 12.3 Å². The van der Waals surface area contributed by atoms with Crippen LogP contribution < -0.4 is 20.5 Å². The van der Waals surface area contributed by atoms with Gasteiger partial charge in [0.1, 0.15) is 22.5 Å². The quantitative estimate of drug-likeness (QED) is 0.301. The van der Waals surface area contributed by atoms with Gasteiger partial charge < -0.3 is 19.9 Å². The van der Waals surface area contributed by atoms with Crippen molar-refractivity contribution in [1.82, 2.24) is 29.9 Å². The highest BCUT2D eigenvalue weighted by molar-refractivity contribution is 6.04. The van der Waals surface area contributed by atoms with Crippen molar-refractivity contribution in [1.29, 1.82) is 0 Å². The van der Waals surface area contributed by atoms with Gasteiger partial charge >= 0.3 is 0 Å². The second-order valence-electron chi connectivity index (χ2n) is 10.1. The first-order chi connectivity index (χ1) is 20.3. The largest absolute Gasteiger partial charge is 0.453 e. The molecule has 1 atom stereocenters. The Morgan fingerprint density at radius 3 is 2.62 bits per heavy atom. The Morgan fingerprint density at radius 2 is 1.88 bits per heavy atom. The first-order valence-electron chi connectivity index (χ1n) is 13.2. The van der Waals surface area contributed by atoms with E-state index in [1.807, 2.05) is 14.1 Å². The predicted octanol–water partition coefficient (Wildman–Crippen LogP) is 3.97. The number of rotatable bonds is 7. The van der Waals surface area contributed by atoms with E-state index in [1.165, 1.54) is 48.7 Å². The van der Waals surface area contributed by atoms with Crippen LogP contribution in [0.4, 0.5) is 20.3 Å². The summed E-state index contributed by atoms with van der Waals surface area (Å²) in [6, 6.07) is 12.3. The fourth-order valence-corrected chi connectivity index (χ4v) is 4.91. The summed E-state index contributed by atoms with van der Waals surface area (Å²) in [7, 11) is 4.09. The van der Waals surface area contributed by atoms with Crippen LogP contribution in [0.15, 0.2) is 71.8 Å². The lowest BCUT2D eigenvalue weighted by Gasteiger charge is -2.20. The van der Waals surface area contributed by atoms with Crippen LogP contribution in [0.25, 0.3) is 16.7 Å². The molecule has 214 valence electrons. The van der Waals surface area contributed by atoms with Crippen molar-refractivity contribution < 1.29 is 18.3 Å². The third kappa shape index (κ3) is 5.17. The van der Waals surface area contributed by atoms with Gasteiger partial charge in [0, 0.05) is 49.3 Å². The summed E-state index contributed by atoms with van der Waals surface area (Å²) in [5.74, 6) is -0.959. The number of anilines is 2. The average Bonchev–Trinajstić information content (AvgIpc) is 3.63. The van der Waals surface area contributed by atoms with Crippen LogP contribution >= 0.6 is 0 Å². The number of hydrogen-bond acceptors (Lipinski definition) is 8. The molecule has 42 heavy (non-hydrogen) atoms. The topological polar surface area (TPSA) is 121 Å². The van der Waals surface area contributed by atoms with Gasteiger partial charge in [-0.25, -0.2) is 13.8 Å². The standard InChI is InChI=1S/C29H26F2N8O3/c1-37(2)20-11-14-38(16-20)27-25-24(10-12-32-26(25)35-36-27)42-23-8-5-18(15-22(23)31)34-28(40)21-9-13-33-39(29(21)41)19-6-3-17(30)4-7-19/h3-10,12-13,15,20H,11,14,16H2,1-2H3,(H,34,40)(H,32,35,36)/t20-/m0/s1. The molecule has 2 N–H and O–H groups in total. The number of nitrogens with one attached hydrogen (secondary N) is 2. The monoisotopic (exact) mass is 572 g/mol. The number of aromatic nitrogens is 5. The van der Waals surface area contributed by atoms with Gasteiger partial charge in [-0.2, -0.15) is 14.9 Å². The summed E-state index contributed by atoms with van der Waals surface area (Å²) >= 11 is 0. The van der Waals surface area contributed by atoms with E-state index < -0.39 is 23.1 Å². The maximum atomic E-state index is 15.2. The highest BCUT2D eigenvalue weighted by Gasteiger charge is 2.28. The molecule has 1 saturated heterocycles. The van der Waals surface area contributed by atoms with Crippen LogP contribution in [0.2, 0.25) is 0 Å².